The number of benzene rings is 1. The molecule has 2 N–H and O–H groups in total. The van der Waals surface area contributed by atoms with Crippen LogP contribution in [0.4, 0.5) is 5.69 Å². The molecule has 1 heterocycles. The summed E-state index contributed by atoms with van der Waals surface area (Å²) in [5.41, 5.74) is 6.28. The minimum atomic E-state index is -3.17. The van der Waals surface area contributed by atoms with Gasteiger partial charge < -0.3 is 10.6 Å². The van der Waals surface area contributed by atoms with Gasteiger partial charge in [0.15, 0.2) is 9.84 Å². The third-order valence-electron chi connectivity index (χ3n) is 3.34. The maximum atomic E-state index is 12.2. The minimum absolute atomic E-state index is 0.0142. The van der Waals surface area contributed by atoms with E-state index in [2.05, 4.69) is 20.8 Å². The highest BCUT2D eigenvalue weighted by Gasteiger charge is 2.33. The molecule has 6 heteroatoms. The fraction of sp³-hybridized carbons (Fsp3) is 0.500. The fourth-order valence-electron chi connectivity index (χ4n) is 2.31. The van der Waals surface area contributed by atoms with Crippen molar-refractivity contribution in [3.05, 3.63) is 22.7 Å². The highest BCUT2D eigenvalue weighted by atomic mass is 79.9. The predicted molar refractivity (Wildman–Crippen MR) is 76.7 cm³/mol. The number of nitrogens with two attached hydrogens (primary N) is 1. The third-order valence-corrected chi connectivity index (χ3v) is 5.67. The fourth-order valence-corrected chi connectivity index (χ4v) is 4.53. The van der Waals surface area contributed by atoms with Gasteiger partial charge >= 0.3 is 0 Å². The van der Waals surface area contributed by atoms with Crippen LogP contribution in [0.3, 0.4) is 0 Å². The molecule has 0 radical (unpaired) electrons. The molecule has 0 saturated carbocycles. The molecule has 0 amide bonds. The standard InChI is InChI=1S/C12H17BrN2O2S/c1-15-10(3-2-6-14)8-18(16,17)12-5-4-9(13)7-11(12)15/h4-5,7,10H,2-3,6,8,14H2,1H3. The second kappa shape index (κ2) is 5.19. The molecule has 0 aromatic heterocycles. The van der Waals surface area contributed by atoms with Crippen LogP contribution in [0.5, 0.6) is 0 Å². The summed E-state index contributed by atoms with van der Waals surface area (Å²) < 4.78 is 25.4. The average Bonchev–Trinajstić information content (AvgIpc) is 2.31. The van der Waals surface area contributed by atoms with E-state index in [1.54, 1.807) is 12.1 Å². The molecule has 1 unspecified atom stereocenters. The van der Waals surface area contributed by atoms with Crippen molar-refractivity contribution in [1.82, 2.24) is 0 Å². The molecule has 0 fully saturated rings. The summed E-state index contributed by atoms with van der Waals surface area (Å²) in [6.45, 7) is 0.593. The molecule has 0 bridgehead atoms. The Morgan fingerprint density at radius 1 is 1.50 bits per heavy atom. The van der Waals surface area contributed by atoms with E-state index in [1.165, 1.54) is 0 Å². The number of nitrogens with zero attached hydrogens (tertiary/aromatic N) is 1. The molecule has 0 aliphatic carbocycles. The third kappa shape index (κ3) is 2.55. The molecular formula is C12H17BrN2O2S. The Labute approximate surface area is 116 Å². The predicted octanol–water partition coefficient (Wildman–Crippen LogP) is 1.78. The Bertz CT molecular complexity index is 545. The van der Waals surface area contributed by atoms with Crippen molar-refractivity contribution >= 4 is 31.5 Å². The first-order chi connectivity index (χ1) is 8.45. The summed E-state index contributed by atoms with van der Waals surface area (Å²) in [5, 5.41) is 0. The molecule has 0 spiro atoms. The van der Waals surface area contributed by atoms with Gasteiger partial charge in [0, 0.05) is 17.6 Å². The van der Waals surface area contributed by atoms with Gasteiger partial charge in [0.2, 0.25) is 0 Å². The van der Waals surface area contributed by atoms with Crippen molar-refractivity contribution in [1.29, 1.82) is 0 Å². The van der Waals surface area contributed by atoms with E-state index in [0.717, 1.165) is 23.0 Å². The summed E-state index contributed by atoms with van der Waals surface area (Å²) >= 11 is 3.39. The molecule has 1 aromatic carbocycles. The second-order valence-electron chi connectivity index (χ2n) is 4.59. The van der Waals surface area contributed by atoms with Crippen LogP contribution in [0.25, 0.3) is 0 Å². The summed E-state index contributed by atoms with van der Waals surface area (Å²) in [7, 11) is -1.23. The maximum Gasteiger partial charge on any atom is 0.182 e. The summed E-state index contributed by atoms with van der Waals surface area (Å²) in [6.07, 6.45) is 1.64. The smallest absolute Gasteiger partial charge is 0.182 e. The van der Waals surface area contributed by atoms with Gasteiger partial charge in [-0.05, 0) is 37.6 Å². The van der Waals surface area contributed by atoms with Crippen molar-refractivity contribution in [3.63, 3.8) is 0 Å². The van der Waals surface area contributed by atoms with E-state index in [-0.39, 0.29) is 11.8 Å². The van der Waals surface area contributed by atoms with Crippen LogP contribution in [0.2, 0.25) is 0 Å². The van der Waals surface area contributed by atoms with Gasteiger partial charge in [-0.2, -0.15) is 0 Å². The number of sulfone groups is 1. The van der Waals surface area contributed by atoms with Gasteiger partial charge in [-0.25, -0.2) is 8.42 Å². The molecule has 1 atom stereocenters. The van der Waals surface area contributed by atoms with Crippen LogP contribution in [0.15, 0.2) is 27.6 Å². The van der Waals surface area contributed by atoms with Gasteiger partial charge in [-0.15, -0.1) is 0 Å². The Kier molecular flexibility index (Phi) is 3.99. The van der Waals surface area contributed by atoms with Gasteiger partial charge in [0.1, 0.15) is 0 Å². The summed E-state index contributed by atoms with van der Waals surface area (Å²) in [5.74, 6) is 0.179. The Hall–Kier alpha value is -0.590. The lowest BCUT2D eigenvalue weighted by Crippen LogP contribution is -2.42. The lowest BCUT2D eigenvalue weighted by molar-refractivity contribution is 0.549. The van der Waals surface area contributed by atoms with Crippen LogP contribution in [0.1, 0.15) is 12.8 Å². The van der Waals surface area contributed by atoms with E-state index in [0.29, 0.717) is 11.4 Å². The van der Waals surface area contributed by atoms with Gasteiger partial charge in [-0.1, -0.05) is 15.9 Å². The number of anilines is 1. The zero-order chi connectivity index (χ0) is 13.3. The van der Waals surface area contributed by atoms with Crippen molar-refractivity contribution in [2.45, 2.75) is 23.8 Å². The van der Waals surface area contributed by atoms with Gasteiger partial charge in [-0.3, -0.25) is 0 Å². The van der Waals surface area contributed by atoms with Crippen LogP contribution < -0.4 is 10.6 Å². The van der Waals surface area contributed by atoms with E-state index in [9.17, 15) is 8.42 Å². The SMILES string of the molecule is CN1c2cc(Br)ccc2S(=O)(=O)CC1CCCN. The van der Waals surface area contributed by atoms with E-state index >= 15 is 0 Å². The van der Waals surface area contributed by atoms with Crippen LogP contribution in [-0.2, 0) is 9.84 Å². The number of fused-ring (bicyclic) bond motifs is 1. The molecule has 18 heavy (non-hydrogen) atoms. The molecular weight excluding hydrogens is 316 g/mol. The lowest BCUT2D eigenvalue weighted by Gasteiger charge is -2.35. The van der Waals surface area contributed by atoms with Crippen LogP contribution in [0, 0.1) is 0 Å². The van der Waals surface area contributed by atoms with Crippen LogP contribution in [-0.4, -0.2) is 33.8 Å². The topological polar surface area (TPSA) is 63.4 Å². The first-order valence-electron chi connectivity index (χ1n) is 5.91. The summed E-state index contributed by atoms with van der Waals surface area (Å²) in [4.78, 5) is 2.48. The molecule has 2 rings (SSSR count). The monoisotopic (exact) mass is 332 g/mol. The molecule has 100 valence electrons. The normalized spacial score (nSPS) is 21.7. The van der Waals surface area contributed by atoms with Gasteiger partial charge in [0.25, 0.3) is 0 Å². The zero-order valence-electron chi connectivity index (χ0n) is 10.3. The Morgan fingerprint density at radius 3 is 2.89 bits per heavy atom. The van der Waals surface area contributed by atoms with Crippen molar-refractivity contribution < 1.29 is 8.42 Å². The number of hydrogen-bond donors (Lipinski definition) is 1. The van der Waals surface area contributed by atoms with E-state index < -0.39 is 9.84 Å². The molecule has 1 aliphatic rings. The quantitative estimate of drug-likeness (QED) is 0.916. The lowest BCUT2D eigenvalue weighted by atomic mass is 10.1. The first-order valence-corrected chi connectivity index (χ1v) is 8.35. The van der Waals surface area contributed by atoms with E-state index in [4.69, 9.17) is 5.73 Å². The number of halogens is 1. The first kappa shape index (κ1) is 13.8. The number of hydrogen-bond acceptors (Lipinski definition) is 4. The molecule has 1 aliphatic heterocycles. The molecule has 0 saturated heterocycles. The minimum Gasteiger partial charge on any atom is -0.369 e. The molecule has 1 aromatic rings. The Morgan fingerprint density at radius 2 is 2.22 bits per heavy atom. The number of rotatable bonds is 3. The second-order valence-corrected chi connectivity index (χ2v) is 7.51. The highest BCUT2D eigenvalue weighted by Crippen LogP contribution is 2.35. The average molecular weight is 333 g/mol. The highest BCUT2D eigenvalue weighted by molar-refractivity contribution is 9.10. The van der Waals surface area contributed by atoms with E-state index in [1.807, 2.05) is 13.1 Å². The van der Waals surface area contributed by atoms with Crippen molar-refractivity contribution in [2.75, 3.05) is 24.2 Å². The maximum absolute atomic E-state index is 12.2. The Balaban J connectivity index is 2.42. The largest absolute Gasteiger partial charge is 0.369 e. The summed E-state index contributed by atoms with van der Waals surface area (Å²) in [6, 6.07) is 5.32. The van der Waals surface area contributed by atoms with Gasteiger partial charge in [0.05, 0.1) is 16.3 Å². The zero-order valence-corrected chi connectivity index (χ0v) is 12.7. The van der Waals surface area contributed by atoms with Crippen LogP contribution >= 0.6 is 15.9 Å². The van der Waals surface area contributed by atoms with Crippen molar-refractivity contribution in [3.8, 4) is 0 Å². The molecule has 4 nitrogen and oxygen atoms in total. The van der Waals surface area contributed by atoms with Crippen molar-refractivity contribution in [2.24, 2.45) is 5.73 Å².